The van der Waals surface area contributed by atoms with Crippen molar-refractivity contribution in [3.8, 4) is 0 Å². The fourth-order valence-corrected chi connectivity index (χ4v) is 4.18. The van der Waals surface area contributed by atoms with Gasteiger partial charge in [0.1, 0.15) is 5.69 Å². The van der Waals surface area contributed by atoms with E-state index in [-0.39, 0.29) is 18.1 Å². The molecule has 1 amide bonds. The first-order chi connectivity index (χ1) is 12.7. The Labute approximate surface area is 153 Å². The number of ether oxygens (including phenoxy) is 1. The van der Waals surface area contributed by atoms with Gasteiger partial charge in [0.2, 0.25) is 0 Å². The number of nitrogens with zero attached hydrogens (tertiary/aromatic N) is 5. The van der Waals surface area contributed by atoms with Gasteiger partial charge in [-0.1, -0.05) is 6.07 Å². The number of aryl methyl sites for hydroxylation is 1. The van der Waals surface area contributed by atoms with E-state index < -0.39 is 0 Å². The Balaban J connectivity index is 1.40. The summed E-state index contributed by atoms with van der Waals surface area (Å²) in [5, 5.41) is 4.10. The number of carbonyl (C=O) groups is 1. The standard InChI is InChI=1S/C19H25N5O2/c1-22-16(5-9-21-22)19(25)23-10-6-15(7-11-23)24-13-17(26-2)18(24)14-4-3-8-20-12-14/h3-5,8-9,12,15,17-18H,6-7,10-11,13H2,1-2H3/t17-,18-/m0/s1. The van der Waals surface area contributed by atoms with Crippen molar-refractivity contribution in [2.75, 3.05) is 26.7 Å². The second kappa shape index (κ2) is 7.17. The molecule has 0 aliphatic carbocycles. The number of carbonyl (C=O) groups excluding carboxylic acids is 1. The molecule has 7 heteroatoms. The number of rotatable bonds is 4. The third kappa shape index (κ3) is 3.01. The highest BCUT2D eigenvalue weighted by Crippen LogP contribution is 2.39. The summed E-state index contributed by atoms with van der Waals surface area (Å²) in [6, 6.07) is 6.62. The first kappa shape index (κ1) is 17.2. The average Bonchev–Trinajstić information content (AvgIpc) is 3.08. The summed E-state index contributed by atoms with van der Waals surface area (Å²) < 4.78 is 7.30. The Bertz CT molecular complexity index is 754. The van der Waals surface area contributed by atoms with Crippen molar-refractivity contribution in [1.29, 1.82) is 0 Å². The van der Waals surface area contributed by atoms with Crippen molar-refractivity contribution in [1.82, 2.24) is 24.6 Å². The molecule has 0 spiro atoms. The smallest absolute Gasteiger partial charge is 0.272 e. The van der Waals surface area contributed by atoms with Gasteiger partial charge in [0.25, 0.3) is 5.91 Å². The maximum atomic E-state index is 12.6. The Morgan fingerprint density at radius 1 is 1.23 bits per heavy atom. The number of aromatic nitrogens is 3. The van der Waals surface area contributed by atoms with E-state index in [2.05, 4.69) is 21.0 Å². The zero-order valence-electron chi connectivity index (χ0n) is 15.3. The maximum Gasteiger partial charge on any atom is 0.272 e. The Kier molecular flexibility index (Phi) is 4.74. The number of hydrogen-bond acceptors (Lipinski definition) is 5. The number of pyridine rings is 1. The van der Waals surface area contributed by atoms with E-state index >= 15 is 0 Å². The van der Waals surface area contributed by atoms with Crippen molar-refractivity contribution in [2.45, 2.75) is 31.0 Å². The molecule has 2 aliphatic heterocycles. The van der Waals surface area contributed by atoms with Crippen LogP contribution in [0.1, 0.15) is 34.9 Å². The van der Waals surface area contributed by atoms with Crippen LogP contribution in [-0.2, 0) is 11.8 Å². The molecule has 2 fully saturated rings. The molecule has 0 bridgehead atoms. The molecule has 0 radical (unpaired) electrons. The number of amides is 1. The lowest BCUT2D eigenvalue weighted by molar-refractivity contribution is -0.115. The van der Waals surface area contributed by atoms with Gasteiger partial charge in [-0.05, 0) is 30.5 Å². The number of piperidine rings is 1. The number of hydrogen-bond donors (Lipinski definition) is 0. The van der Waals surface area contributed by atoms with Gasteiger partial charge in [0.15, 0.2) is 0 Å². The molecule has 0 saturated carbocycles. The summed E-state index contributed by atoms with van der Waals surface area (Å²) in [6.45, 7) is 2.50. The van der Waals surface area contributed by atoms with Crippen molar-refractivity contribution < 1.29 is 9.53 Å². The van der Waals surface area contributed by atoms with Gasteiger partial charge in [-0.3, -0.25) is 19.4 Å². The molecule has 4 heterocycles. The Morgan fingerprint density at radius 3 is 2.65 bits per heavy atom. The molecule has 0 N–H and O–H groups in total. The monoisotopic (exact) mass is 355 g/mol. The lowest BCUT2D eigenvalue weighted by atomic mass is 9.87. The van der Waals surface area contributed by atoms with Crippen LogP contribution in [0, 0.1) is 0 Å². The van der Waals surface area contributed by atoms with Crippen molar-refractivity contribution >= 4 is 5.91 Å². The topological polar surface area (TPSA) is 63.5 Å². The van der Waals surface area contributed by atoms with Gasteiger partial charge in [-0.25, -0.2) is 0 Å². The summed E-state index contributed by atoms with van der Waals surface area (Å²) in [5.74, 6) is 0.0747. The highest BCUT2D eigenvalue weighted by Gasteiger charge is 2.44. The van der Waals surface area contributed by atoms with Gasteiger partial charge in [0, 0.05) is 58.4 Å². The van der Waals surface area contributed by atoms with Gasteiger partial charge in [-0.15, -0.1) is 0 Å². The molecule has 0 aromatic carbocycles. The lowest BCUT2D eigenvalue weighted by Gasteiger charge is -2.52. The van der Waals surface area contributed by atoms with Crippen molar-refractivity contribution in [2.24, 2.45) is 7.05 Å². The van der Waals surface area contributed by atoms with Crippen LogP contribution in [-0.4, -0.2) is 69.4 Å². The van der Waals surface area contributed by atoms with Gasteiger partial charge < -0.3 is 9.64 Å². The van der Waals surface area contributed by atoms with Crippen molar-refractivity contribution in [3.05, 3.63) is 48.0 Å². The predicted octanol–water partition coefficient (Wildman–Crippen LogP) is 1.49. The Hall–Kier alpha value is -2.25. The first-order valence-electron chi connectivity index (χ1n) is 9.14. The van der Waals surface area contributed by atoms with E-state index in [4.69, 9.17) is 4.74 Å². The highest BCUT2D eigenvalue weighted by molar-refractivity contribution is 5.92. The normalized spacial score (nSPS) is 24.5. The molecule has 2 aliphatic rings. The number of methoxy groups -OCH3 is 1. The van der Waals surface area contributed by atoms with E-state index in [1.807, 2.05) is 24.2 Å². The summed E-state index contributed by atoms with van der Waals surface area (Å²) in [6.07, 6.45) is 7.59. The second-order valence-corrected chi connectivity index (χ2v) is 7.07. The molecule has 2 saturated heterocycles. The van der Waals surface area contributed by atoms with Crippen LogP contribution >= 0.6 is 0 Å². The Morgan fingerprint density at radius 2 is 2.04 bits per heavy atom. The molecule has 2 aromatic rings. The summed E-state index contributed by atoms with van der Waals surface area (Å²) in [5.41, 5.74) is 1.86. The number of likely N-dealkylation sites (tertiary alicyclic amines) is 2. The molecule has 4 rings (SSSR count). The first-order valence-corrected chi connectivity index (χ1v) is 9.14. The minimum absolute atomic E-state index is 0.0747. The van der Waals surface area contributed by atoms with Crippen LogP contribution in [0.5, 0.6) is 0 Å². The van der Waals surface area contributed by atoms with Crippen LogP contribution in [0.3, 0.4) is 0 Å². The van der Waals surface area contributed by atoms with Gasteiger partial charge >= 0.3 is 0 Å². The fraction of sp³-hybridized carbons (Fsp3) is 0.526. The second-order valence-electron chi connectivity index (χ2n) is 7.07. The summed E-state index contributed by atoms with van der Waals surface area (Å²) in [4.78, 5) is 21.4. The predicted molar refractivity (Wildman–Crippen MR) is 96.6 cm³/mol. The molecule has 2 atom stereocenters. The molecule has 138 valence electrons. The summed E-state index contributed by atoms with van der Waals surface area (Å²) in [7, 11) is 3.59. The minimum atomic E-state index is 0.0747. The molecule has 0 unspecified atom stereocenters. The molecule has 26 heavy (non-hydrogen) atoms. The molecular weight excluding hydrogens is 330 g/mol. The lowest BCUT2D eigenvalue weighted by Crippen LogP contribution is -2.60. The van der Waals surface area contributed by atoms with Gasteiger partial charge in [-0.2, -0.15) is 5.10 Å². The largest absolute Gasteiger partial charge is 0.378 e. The fourth-order valence-electron chi connectivity index (χ4n) is 4.18. The summed E-state index contributed by atoms with van der Waals surface area (Å²) >= 11 is 0. The van der Waals surface area contributed by atoms with Crippen LogP contribution in [0.25, 0.3) is 0 Å². The third-order valence-corrected chi connectivity index (χ3v) is 5.69. The quantitative estimate of drug-likeness (QED) is 0.832. The SMILES string of the molecule is CO[C@H]1CN(C2CCN(C(=O)c3ccnn3C)CC2)[C@H]1c1cccnc1. The minimum Gasteiger partial charge on any atom is -0.378 e. The van der Waals surface area contributed by atoms with Crippen LogP contribution in [0.2, 0.25) is 0 Å². The average molecular weight is 355 g/mol. The molecular formula is C19H25N5O2. The van der Waals surface area contributed by atoms with E-state index in [1.165, 1.54) is 5.56 Å². The van der Waals surface area contributed by atoms with E-state index in [0.717, 1.165) is 32.5 Å². The zero-order chi connectivity index (χ0) is 18.1. The highest BCUT2D eigenvalue weighted by atomic mass is 16.5. The van der Waals surface area contributed by atoms with E-state index in [1.54, 1.807) is 30.3 Å². The zero-order valence-corrected chi connectivity index (χ0v) is 15.3. The van der Waals surface area contributed by atoms with Crippen molar-refractivity contribution in [3.63, 3.8) is 0 Å². The third-order valence-electron chi connectivity index (χ3n) is 5.69. The molecule has 7 nitrogen and oxygen atoms in total. The van der Waals surface area contributed by atoms with Crippen LogP contribution in [0.4, 0.5) is 0 Å². The molecule has 2 aromatic heterocycles. The van der Waals surface area contributed by atoms with Gasteiger partial charge in [0.05, 0.1) is 12.1 Å². The van der Waals surface area contributed by atoms with Crippen LogP contribution in [0.15, 0.2) is 36.8 Å². The van der Waals surface area contributed by atoms with E-state index in [0.29, 0.717) is 11.7 Å². The van der Waals surface area contributed by atoms with E-state index in [9.17, 15) is 4.79 Å². The maximum absolute atomic E-state index is 12.6. The van der Waals surface area contributed by atoms with Crippen LogP contribution < -0.4 is 0 Å².